The molecule has 30 heavy (non-hydrogen) atoms. The number of unbranched alkanes of at least 4 members (excludes halogenated alkanes) is 1. The summed E-state index contributed by atoms with van der Waals surface area (Å²) in [5.41, 5.74) is 2.15. The molecule has 1 unspecified atom stereocenters. The number of aromatic nitrogens is 2. The third-order valence-corrected chi connectivity index (χ3v) is 11.2. The largest absolute Gasteiger partial charge is 0.473 e. The fraction of sp³-hybridized carbons (Fsp3) is 0.583. The highest BCUT2D eigenvalue weighted by Crippen LogP contribution is 2.36. The number of rotatable bonds is 11. The van der Waals surface area contributed by atoms with E-state index in [1.54, 1.807) is 11.8 Å². The number of nitrogens with zero attached hydrogens (tertiary/aromatic N) is 2. The zero-order valence-electron chi connectivity index (χ0n) is 19.7. The van der Waals surface area contributed by atoms with Gasteiger partial charge in [0.1, 0.15) is 0 Å². The van der Waals surface area contributed by atoms with Gasteiger partial charge in [-0.05, 0) is 56.8 Å². The SMILES string of the molecule is Cc1cnc(SCc2ccccc2)c(OC(C)CCCCO[Si](C)(C)C(C)(C)C)n1. The Morgan fingerprint density at radius 2 is 1.80 bits per heavy atom. The van der Waals surface area contributed by atoms with Crippen LogP contribution in [0.2, 0.25) is 18.1 Å². The maximum Gasteiger partial charge on any atom is 0.247 e. The third-order valence-electron chi connectivity index (χ3n) is 5.63. The molecule has 0 spiro atoms. The molecule has 0 aliphatic heterocycles. The lowest BCUT2D eigenvalue weighted by atomic mass is 10.2. The predicted octanol–water partition coefficient (Wildman–Crippen LogP) is 7.04. The predicted molar refractivity (Wildman–Crippen MR) is 130 cm³/mol. The molecule has 2 aromatic rings. The molecule has 0 amide bonds. The minimum atomic E-state index is -1.65. The molecule has 0 aliphatic carbocycles. The molecule has 1 aromatic carbocycles. The molecule has 0 saturated heterocycles. The summed E-state index contributed by atoms with van der Waals surface area (Å²) in [7, 11) is -1.65. The van der Waals surface area contributed by atoms with Crippen LogP contribution in [0.5, 0.6) is 5.88 Å². The summed E-state index contributed by atoms with van der Waals surface area (Å²) in [6.07, 6.45) is 5.05. The van der Waals surface area contributed by atoms with E-state index >= 15 is 0 Å². The summed E-state index contributed by atoms with van der Waals surface area (Å²) in [5, 5.41) is 1.12. The van der Waals surface area contributed by atoms with Gasteiger partial charge in [0.15, 0.2) is 13.3 Å². The maximum absolute atomic E-state index is 6.28. The molecule has 4 nitrogen and oxygen atoms in total. The van der Waals surface area contributed by atoms with Gasteiger partial charge in [0.2, 0.25) is 5.88 Å². The van der Waals surface area contributed by atoms with Crippen LogP contribution in [0.3, 0.4) is 0 Å². The van der Waals surface area contributed by atoms with Gasteiger partial charge in [0.05, 0.1) is 11.8 Å². The first-order valence-electron chi connectivity index (χ1n) is 10.9. The Labute approximate surface area is 188 Å². The molecule has 0 bridgehead atoms. The van der Waals surface area contributed by atoms with Gasteiger partial charge >= 0.3 is 0 Å². The van der Waals surface area contributed by atoms with Gasteiger partial charge in [-0.2, -0.15) is 0 Å². The molecule has 2 rings (SSSR count). The molecule has 0 aliphatic rings. The highest BCUT2D eigenvalue weighted by atomic mass is 32.2. The zero-order valence-corrected chi connectivity index (χ0v) is 21.5. The molecule has 1 heterocycles. The molecule has 1 aromatic heterocycles. The minimum Gasteiger partial charge on any atom is -0.473 e. The van der Waals surface area contributed by atoms with E-state index in [2.05, 4.69) is 75.0 Å². The van der Waals surface area contributed by atoms with Crippen molar-refractivity contribution in [1.29, 1.82) is 0 Å². The van der Waals surface area contributed by atoms with Crippen LogP contribution in [0.1, 0.15) is 58.2 Å². The lowest BCUT2D eigenvalue weighted by Gasteiger charge is -2.36. The lowest BCUT2D eigenvalue weighted by molar-refractivity contribution is 0.186. The Kier molecular flexibility index (Phi) is 9.38. The van der Waals surface area contributed by atoms with Gasteiger partial charge in [0.25, 0.3) is 0 Å². The average molecular weight is 447 g/mol. The van der Waals surface area contributed by atoms with Crippen LogP contribution in [0.25, 0.3) is 0 Å². The van der Waals surface area contributed by atoms with Crippen molar-refractivity contribution in [3.8, 4) is 5.88 Å². The topological polar surface area (TPSA) is 44.2 Å². The van der Waals surface area contributed by atoms with Crippen molar-refractivity contribution >= 4 is 20.1 Å². The molecule has 0 fully saturated rings. The number of aryl methyl sites for hydroxylation is 1. The second-order valence-electron chi connectivity index (χ2n) is 9.43. The number of hydrogen-bond acceptors (Lipinski definition) is 5. The first-order chi connectivity index (χ1) is 14.1. The quantitative estimate of drug-likeness (QED) is 0.210. The molecular weight excluding hydrogens is 408 g/mol. The van der Waals surface area contributed by atoms with Crippen LogP contribution in [-0.2, 0) is 10.2 Å². The summed E-state index contributed by atoms with van der Waals surface area (Å²) in [5.74, 6) is 1.51. The van der Waals surface area contributed by atoms with Crippen LogP contribution >= 0.6 is 11.8 Å². The molecule has 6 heteroatoms. The fourth-order valence-corrected chi connectivity index (χ4v) is 4.60. The Bertz CT molecular complexity index is 779. The van der Waals surface area contributed by atoms with Gasteiger partial charge in [-0.15, -0.1) is 0 Å². The van der Waals surface area contributed by atoms with Gasteiger partial charge in [-0.25, -0.2) is 9.97 Å². The number of benzene rings is 1. The van der Waals surface area contributed by atoms with Crippen LogP contribution in [0.4, 0.5) is 0 Å². The highest BCUT2D eigenvalue weighted by Gasteiger charge is 2.36. The van der Waals surface area contributed by atoms with Crippen molar-refractivity contribution in [3.63, 3.8) is 0 Å². The second kappa shape index (κ2) is 11.3. The molecule has 0 N–H and O–H groups in total. The Hall–Kier alpha value is -1.37. The summed E-state index contributed by atoms with van der Waals surface area (Å²) < 4.78 is 12.5. The van der Waals surface area contributed by atoms with Crippen LogP contribution < -0.4 is 4.74 Å². The average Bonchev–Trinajstić information content (AvgIpc) is 2.67. The van der Waals surface area contributed by atoms with E-state index in [1.165, 1.54) is 5.56 Å². The Morgan fingerprint density at radius 3 is 2.47 bits per heavy atom. The van der Waals surface area contributed by atoms with Crippen molar-refractivity contribution in [2.24, 2.45) is 0 Å². The van der Waals surface area contributed by atoms with Crippen molar-refractivity contribution in [3.05, 3.63) is 47.8 Å². The van der Waals surface area contributed by atoms with E-state index in [4.69, 9.17) is 9.16 Å². The van der Waals surface area contributed by atoms with Crippen molar-refractivity contribution < 1.29 is 9.16 Å². The van der Waals surface area contributed by atoms with Gasteiger partial charge < -0.3 is 9.16 Å². The van der Waals surface area contributed by atoms with E-state index in [0.29, 0.717) is 5.88 Å². The fourth-order valence-electron chi connectivity index (χ4n) is 2.67. The van der Waals surface area contributed by atoms with E-state index in [9.17, 15) is 0 Å². The number of hydrogen-bond donors (Lipinski definition) is 0. The Morgan fingerprint density at radius 1 is 1.10 bits per heavy atom. The lowest BCUT2D eigenvalue weighted by Crippen LogP contribution is -2.40. The number of ether oxygens (including phenoxy) is 1. The van der Waals surface area contributed by atoms with Gasteiger partial charge in [-0.3, -0.25) is 0 Å². The molecule has 0 radical (unpaired) electrons. The minimum absolute atomic E-state index is 0.102. The summed E-state index contributed by atoms with van der Waals surface area (Å²) in [6.45, 7) is 16.4. The van der Waals surface area contributed by atoms with Crippen molar-refractivity contribution in [2.75, 3.05) is 6.61 Å². The molecular formula is C24H38N2O2SSi. The van der Waals surface area contributed by atoms with E-state index in [1.807, 2.05) is 19.2 Å². The normalized spacial score (nSPS) is 13.3. The summed E-state index contributed by atoms with van der Waals surface area (Å²) >= 11 is 1.67. The van der Waals surface area contributed by atoms with E-state index in [-0.39, 0.29) is 11.1 Å². The zero-order chi connectivity index (χ0) is 22.2. The smallest absolute Gasteiger partial charge is 0.247 e. The third kappa shape index (κ3) is 8.04. The first-order valence-corrected chi connectivity index (χ1v) is 14.8. The summed E-state index contributed by atoms with van der Waals surface area (Å²) in [6, 6.07) is 10.4. The van der Waals surface area contributed by atoms with Crippen LogP contribution in [0.15, 0.2) is 41.6 Å². The van der Waals surface area contributed by atoms with Gasteiger partial charge in [0, 0.05) is 18.6 Å². The van der Waals surface area contributed by atoms with Crippen molar-refractivity contribution in [2.45, 2.75) is 88.9 Å². The second-order valence-corrected chi connectivity index (χ2v) is 15.2. The molecule has 0 saturated carbocycles. The summed E-state index contributed by atoms with van der Waals surface area (Å²) in [4.78, 5) is 9.17. The van der Waals surface area contributed by atoms with Crippen LogP contribution in [0, 0.1) is 6.92 Å². The van der Waals surface area contributed by atoms with Crippen molar-refractivity contribution in [1.82, 2.24) is 9.97 Å². The monoisotopic (exact) mass is 446 g/mol. The molecule has 166 valence electrons. The maximum atomic E-state index is 6.28. The Balaban J connectivity index is 1.81. The molecule has 1 atom stereocenters. The number of thioether (sulfide) groups is 1. The first kappa shape index (κ1) is 24.9. The van der Waals surface area contributed by atoms with E-state index < -0.39 is 8.32 Å². The standard InChI is InChI=1S/C24H38N2O2SSi/c1-19-17-25-23(29-18-21-14-9-8-10-15-21)22(26-19)28-20(2)13-11-12-16-27-30(6,7)24(3,4)5/h8-10,14-15,17,20H,11-13,16,18H2,1-7H3. The van der Waals surface area contributed by atoms with Crippen LogP contribution in [-0.4, -0.2) is 31.0 Å². The van der Waals surface area contributed by atoms with Gasteiger partial charge in [-0.1, -0.05) is 62.9 Å². The highest BCUT2D eigenvalue weighted by molar-refractivity contribution is 7.98. The van der Waals surface area contributed by atoms with E-state index in [0.717, 1.165) is 42.3 Å².